The second-order valence-electron chi connectivity index (χ2n) is 2.83. The molecule has 0 fully saturated rings. The molecular weight excluding hydrogens is 278 g/mol. The summed E-state index contributed by atoms with van der Waals surface area (Å²) in [6.45, 7) is 0. The van der Waals surface area contributed by atoms with Gasteiger partial charge in [0.2, 0.25) is 5.02 Å². The van der Waals surface area contributed by atoms with Gasteiger partial charge in [0.15, 0.2) is 0 Å². The standard InChI is InChI=1S/C6H2ClN3O8/c7-1-2(8(13)14)5(11)4(10(17)18)6(12)3(1)9(15)16/h11-12H. The number of phenolic OH excluding ortho intramolecular Hbond substituents is 2. The van der Waals surface area contributed by atoms with E-state index in [0.717, 1.165) is 0 Å². The normalized spacial score (nSPS) is 10.1. The highest BCUT2D eigenvalue weighted by atomic mass is 35.5. The van der Waals surface area contributed by atoms with E-state index in [1.807, 2.05) is 0 Å². The van der Waals surface area contributed by atoms with E-state index in [0.29, 0.717) is 0 Å². The van der Waals surface area contributed by atoms with Crippen LogP contribution in [0.15, 0.2) is 0 Å². The lowest BCUT2D eigenvalue weighted by Gasteiger charge is -2.03. The Morgan fingerprint density at radius 2 is 1.06 bits per heavy atom. The zero-order valence-electron chi connectivity index (χ0n) is 8.06. The van der Waals surface area contributed by atoms with E-state index in [-0.39, 0.29) is 0 Å². The van der Waals surface area contributed by atoms with Crippen LogP contribution in [0.5, 0.6) is 11.5 Å². The number of halogens is 1. The first-order valence-electron chi connectivity index (χ1n) is 3.90. The monoisotopic (exact) mass is 279 g/mol. The van der Waals surface area contributed by atoms with Gasteiger partial charge in [0.25, 0.3) is 11.5 Å². The maximum Gasteiger partial charge on any atom is 0.366 e. The maximum absolute atomic E-state index is 10.5. The van der Waals surface area contributed by atoms with E-state index in [4.69, 9.17) is 11.6 Å². The minimum atomic E-state index is -1.56. The largest absolute Gasteiger partial charge is 0.497 e. The molecule has 12 heteroatoms. The fraction of sp³-hybridized carbons (Fsp3) is 0. The number of nitro groups is 3. The van der Waals surface area contributed by atoms with Crippen LogP contribution in [-0.4, -0.2) is 25.0 Å². The number of hydrogen-bond acceptors (Lipinski definition) is 8. The summed E-state index contributed by atoms with van der Waals surface area (Å²) in [5, 5.41) is 48.9. The molecule has 0 aliphatic heterocycles. The summed E-state index contributed by atoms with van der Waals surface area (Å²) >= 11 is 5.26. The van der Waals surface area contributed by atoms with Gasteiger partial charge in [0.1, 0.15) is 0 Å². The molecule has 1 aromatic carbocycles. The van der Waals surface area contributed by atoms with Gasteiger partial charge in [-0.15, -0.1) is 0 Å². The molecule has 96 valence electrons. The van der Waals surface area contributed by atoms with Crippen LogP contribution in [0.1, 0.15) is 0 Å². The van der Waals surface area contributed by atoms with Gasteiger partial charge in [-0.2, -0.15) is 0 Å². The molecule has 0 bridgehead atoms. The number of benzene rings is 1. The molecule has 0 aliphatic carbocycles. The average Bonchev–Trinajstić information content (AvgIpc) is 2.14. The van der Waals surface area contributed by atoms with Crippen molar-refractivity contribution in [2.24, 2.45) is 0 Å². The maximum atomic E-state index is 10.5. The van der Waals surface area contributed by atoms with E-state index < -0.39 is 48.4 Å². The summed E-state index contributed by atoms with van der Waals surface area (Å²) in [6, 6.07) is 0. The highest BCUT2D eigenvalue weighted by Gasteiger charge is 2.42. The smallest absolute Gasteiger partial charge is 0.366 e. The minimum absolute atomic E-state index is 1.20. The van der Waals surface area contributed by atoms with Crippen molar-refractivity contribution in [2.75, 3.05) is 0 Å². The van der Waals surface area contributed by atoms with Crippen LogP contribution < -0.4 is 0 Å². The third-order valence-electron chi connectivity index (χ3n) is 1.86. The van der Waals surface area contributed by atoms with Crippen LogP contribution in [0, 0.1) is 30.3 Å². The fourth-order valence-electron chi connectivity index (χ4n) is 1.16. The van der Waals surface area contributed by atoms with Crippen molar-refractivity contribution in [3.8, 4) is 11.5 Å². The molecule has 0 amide bonds. The van der Waals surface area contributed by atoms with Crippen molar-refractivity contribution in [1.29, 1.82) is 0 Å². The molecule has 0 saturated carbocycles. The number of rotatable bonds is 3. The predicted octanol–water partition coefficient (Wildman–Crippen LogP) is 1.48. The Balaban J connectivity index is 3.94. The molecule has 0 aliphatic rings. The first-order chi connectivity index (χ1) is 8.20. The highest BCUT2D eigenvalue weighted by Crippen LogP contribution is 2.53. The Morgan fingerprint density at radius 1 is 0.778 bits per heavy atom. The van der Waals surface area contributed by atoms with Gasteiger partial charge in [-0.1, -0.05) is 11.6 Å². The predicted molar refractivity (Wildman–Crippen MR) is 54.7 cm³/mol. The Labute approximate surface area is 101 Å². The second-order valence-corrected chi connectivity index (χ2v) is 3.21. The summed E-state index contributed by atoms with van der Waals surface area (Å²) < 4.78 is 0. The Hall–Kier alpha value is -2.69. The molecule has 0 spiro atoms. The van der Waals surface area contributed by atoms with Crippen molar-refractivity contribution in [3.63, 3.8) is 0 Å². The fourth-order valence-corrected chi connectivity index (χ4v) is 1.48. The number of hydrogen-bond donors (Lipinski definition) is 2. The van der Waals surface area contributed by atoms with Gasteiger partial charge in [0, 0.05) is 0 Å². The molecule has 1 rings (SSSR count). The van der Waals surface area contributed by atoms with E-state index in [9.17, 15) is 40.6 Å². The van der Waals surface area contributed by atoms with E-state index in [1.165, 1.54) is 0 Å². The molecule has 18 heavy (non-hydrogen) atoms. The zero-order valence-corrected chi connectivity index (χ0v) is 8.82. The lowest BCUT2D eigenvalue weighted by molar-refractivity contribution is -0.405. The topological polar surface area (TPSA) is 170 Å². The van der Waals surface area contributed by atoms with Gasteiger partial charge in [-0.3, -0.25) is 30.3 Å². The van der Waals surface area contributed by atoms with Gasteiger partial charge in [-0.05, 0) is 0 Å². The highest BCUT2D eigenvalue weighted by molar-refractivity contribution is 6.35. The van der Waals surface area contributed by atoms with Crippen molar-refractivity contribution >= 4 is 28.7 Å². The van der Waals surface area contributed by atoms with Crippen molar-refractivity contribution < 1.29 is 25.0 Å². The lowest BCUT2D eigenvalue weighted by atomic mass is 10.2. The molecule has 0 saturated heterocycles. The number of aromatic hydroxyl groups is 2. The first-order valence-corrected chi connectivity index (χ1v) is 4.28. The SMILES string of the molecule is O=[N+]([O-])c1c(O)c([N+](=O)[O-])c(Cl)c([N+](=O)[O-])c1O. The molecule has 0 unspecified atom stereocenters. The van der Waals surface area contributed by atoms with Gasteiger partial charge >= 0.3 is 17.1 Å². The van der Waals surface area contributed by atoms with Crippen LogP contribution in [-0.2, 0) is 0 Å². The van der Waals surface area contributed by atoms with Crippen LogP contribution >= 0.6 is 11.6 Å². The Kier molecular flexibility index (Phi) is 3.19. The summed E-state index contributed by atoms with van der Waals surface area (Å²) in [5.74, 6) is -3.11. The number of nitro benzene ring substituents is 3. The van der Waals surface area contributed by atoms with Gasteiger partial charge in [-0.25, -0.2) is 0 Å². The third kappa shape index (κ3) is 1.82. The zero-order chi connectivity index (χ0) is 14.2. The molecule has 0 radical (unpaired) electrons. The Bertz CT molecular complexity index is 483. The molecule has 0 atom stereocenters. The summed E-state index contributed by atoms with van der Waals surface area (Å²) in [5.41, 5.74) is -4.40. The molecule has 11 nitrogen and oxygen atoms in total. The number of nitrogens with zero attached hydrogens (tertiary/aromatic N) is 3. The Morgan fingerprint density at radius 3 is 1.28 bits per heavy atom. The third-order valence-corrected chi connectivity index (χ3v) is 2.22. The molecule has 2 N–H and O–H groups in total. The first kappa shape index (κ1) is 13.4. The van der Waals surface area contributed by atoms with Gasteiger partial charge in [0.05, 0.1) is 14.8 Å². The number of phenols is 2. The second kappa shape index (κ2) is 4.29. The van der Waals surface area contributed by atoms with E-state index >= 15 is 0 Å². The van der Waals surface area contributed by atoms with Crippen LogP contribution in [0.4, 0.5) is 17.1 Å². The van der Waals surface area contributed by atoms with Crippen molar-refractivity contribution in [3.05, 3.63) is 35.4 Å². The van der Waals surface area contributed by atoms with Gasteiger partial charge < -0.3 is 10.2 Å². The minimum Gasteiger partial charge on any atom is -0.497 e. The summed E-state index contributed by atoms with van der Waals surface area (Å²) in [7, 11) is 0. The van der Waals surface area contributed by atoms with E-state index in [2.05, 4.69) is 0 Å². The lowest BCUT2D eigenvalue weighted by Crippen LogP contribution is -2.00. The molecule has 0 heterocycles. The van der Waals surface area contributed by atoms with Crippen LogP contribution in [0.25, 0.3) is 0 Å². The average molecular weight is 280 g/mol. The molecular formula is C6H2ClN3O8. The van der Waals surface area contributed by atoms with Crippen LogP contribution in [0.2, 0.25) is 5.02 Å². The van der Waals surface area contributed by atoms with Crippen molar-refractivity contribution in [1.82, 2.24) is 0 Å². The van der Waals surface area contributed by atoms with Crippen molar-refractivity contribution in [2.45, 2.75) is 0 Å². The molecule has 0 aromatic heterocycles. The van der Waals surface area contributed by atoms with E-state index in [1.54, 1.807) is 0 Å². The summed E-state index contributed by atoms with van der Waals surface area (Å²) in [4.78, 5) is 27.5. The van der Waals surface area contributed by atoms with Crippen LogP contribution in [0.3, 0.4) is 0 Å². The quantitative estimate of drug-likeness (QED) is 0.618. The molecule has 1 aromatic rings. The summed E-state index contributed by atoms with van der Waals surface area (Å²) in [6.07, 6.45) is 0.